The molecule has 1 aliphatic rings. The van der Waals surface area contributed by atoms with E-state index >= 15 is 0 Å². The molecule has 1 saturated heterocycles. The van der Waals surface area contributed by atoms with Gasteiger partial charge in [-0.05, 0) is 48.9 Å². The quantitative estimate of drug-likeness (QED) is 0.348. The van der Waals surface area contributed by atoms with Gasteiger partial charge in [-0.3, -0.25) is 14.4 Å². The van der Waals surface area contributed by atoms with Crippen molar-refractivity contribution < 1.29 is 28.6 Å². The lowest BCUT2D eigenvalue weighted by Crippen LogP contribution is -2.35. The van der Waals surface area contributed by atoms with Crippen molar-refractivity contribution in [1.29, 1.82) is 0 Å². The summed E-state index contributed by atoms with van der Waals surface area (Å²) in [5, 5.41) is 11.2. The molecule has 29 heavy (non-hydrogen) atoms. The summed E-state index contributed by atoms with van der Waals surface area (Å²) in [6.45, 7) is 1.23. The van der Waals surface area contributed by atoms with Gasteiger partial charge in [0.05, 0.1) is 18.2 Å². The van der Waals surface area contributed by atoms with E-state index < -0.39 is 41.8 Å². The highest BCUT2D eigenvalue weighted by Crippen LogP contribution is 2.39. The van der Waals surface area contributed by atoms with Gasteiger partial charge >= 0.3 is 5.97 Å². The average molecular weight is 418 g/mol. The first-order chi connectivity index (χ1) is 13.8. The lowest BCUT2D eigenvalue weighted by Gasteiger charge is -2.24. The van der Waals surface area contributed by atoms with Crippen molar-refractivity contribution in [2.45, 2.75) is 13.0 Å². The topological polar surface area (TPSA) is 83.9 Å². The number of rotatable bonds is 5. The van der Waals surface area contributed by atoms with Crippen LogP contribution in [0.4, 0.5) is 4.39 Å². The molecule has 2 aromatic rings. The maximum absolute atomic E-state index is 13.4. The number of likely N-dealkylation sites (tertiary alicyclic amines) is 1. The summed E-state index contributed by atoms with van der Waals surface area (Å²) in [4.78, 5) is 38.3. The van der Waals surface area contributed by atoms with E-state index in [4.69, 9.17) is 16.3 Å². The van der Waals surface area contributed by atoms with Gasteiger partial charge in [0.15, 0.2) is 0 Å². The van der Waals surface area contributed by atoms with Gasteiger partial charge in [0.1, 0.15) is 18.1 Å². The minimum Gasteiger partial charge on any atom is -0.507 e. The molecule has 0 bridgehead atoms. The fourth-order valence-electron chi connectivity index (χ4n) is 3.14. The summed E-state index contributed by atoms with van der Waals surface area (Å²) < 4.78 is 18.3. The van der Waals surface area contributed by atoms with Crippen LogP contribution in [0, 0.1) is 5.82 Å². The maximum Gasteiger partial charge on any atom is 0.325 e. The number of esters is 1. The van der Waals surface area contributed by atoms with Crippen molar-refractivity contribution in [2.24, 2.45) is 0 Å². The lowest BCUT2D eigenvalue weighted by atomic mass is 9.95. The van der Waals surface area contributed by atoms with Crippen LogP contribution in [0.15, 0.2) is 54.1 Å². The van der Waals surface area contributed by atoms with Crippen molar-refractivity contribution in [3.8, 4) is 0 Å². The molecule has 1 fully saturated rings. The van der Waals surface area contributed by atoms with Gasteiger partial charge in [-0.2, -0.15) is 0 Å². The van der Waals surface area contributed by atoms with Crippen molar-refractivity contribution in [2.75, 3.05) is 13.2 Å². The number of amides is 1. The molecule has 1 aliphatic heterocycles. The monoisotopic (exact) mass is 417 g/mol. The summed E-state index contributed by atoms with van der Waals surface area (Å²) in [7, 11) is 0. The van der Waals surface area contributed by atoms with E-state index in [2.05, 4.69) is 0 Å². The first kappa shape index (κ1) is 20.5. The first-order valence-corrected chi connectivity index (χ1v) is 9.16. The van der Waals surface area contributed by atoms with E-state index in [1.54, 1.807) is 6.92 Å². The van der Waals surface area contributed by atoms with E-state index in [1.165, 1.54) is 48.5 Å². The Balaban J connectivity index is 2.14. The number of halogens is 2. The number of hydrogen-bond acceptors (Lipinski definition) is 5. The molecule has 1 atom stereocenters. The Labute approximate surface area is 171 Å². The smallest absolute Gasteiger partial charge is 0.325 e. The molecule has 3 rings (SSSR count). The molecule has 150 valence electrons. The average Bonchev–Trinajstić information content (AvgIpc) is 2.94. The number of carbonyl (C=O) groups excluding carboxylic acids is 3. The Morgan fingerprint density at radius 2 is 1.76 bits per heavy atom. The Kier molecular flexibility index (Phi) is 5.98. The summed E-state index contributed by atoms with van der Waals surface area (Å²) in [6.07, 6.45) is 0. The van der Waals surface area contributed by atoms with Crippen molar-refractivity contribution >= 4 is 35.0 Å². The Bertz CT molecular complexity index is 985. The number of aliphatic hydroxyl groups is 1. The minimum absolute atomic E-state index is 0.106. The second kappa shape index (κ2) is 8.45. The number of hydrogen-bond donors (Lipinski definition) is 1. The van der Waals surface area contributed by atoms with Crippen LogP contribution in [0.2, 0.25) is 5.02 Å². The van der Waals surface area contributed by atoms with Crippen LogP contribution in [-0.2, 0) is 19.1 Å². The molecular weight excluding hydrogens is 401 g/mol. The van der Waals surface area contributed by atoms with Crippen molar-refractivity contribution in [3.63, 3.8) is 0 Å². The van der Waals surface area contributed by atoms with Crippen molar-refractivity contribution in [1.82, 2.24) is 4.90 Å². The maximum atomic E-state index is 13.4. The summed E-state index contributed by atoms with van der Waals surface area (Å²) in [5.74, 6) is -3.53. The van der Waals surface area contributed by atoms with Gasteiger partial charge in [-0.15, -0.1) is 0 Å². The molecule has 1 heterocycles. The Morgan fingerprint density at radius 3 is 2.34 bits per heavy atom. The molecule has 0 aliphatic carbocycles. The largest absolute Gasteiger partial charge is 0.507 e. The van der Waals surface area contributed by atoms with Crippen molar-refractivity contribution in [3.05, 3.63) is 76.1 Å². The SMILES string of the molecule is CCOC(=O)CN1C(=O)C(=O)C(=C(O)c2ccc(Cl)cc2)C1c1ccc(F)cc1. The third-order valence-electron chi connectivity index (χ3n) is 4.45. The number of benzene rings is 2. The lowest BCUT2D eigenvalue weighted by molar-refractivity contribution is -0.149. The first-order valence-electron chi connectivity index (χ1n) is 8.79. The highest BCUT2D eigenvalue weighted by atomic mass is 35.5. The number of ether oxygens (including phenoxy) is 1. The number of nitrogens with zero attached hydrogens (tertiary/aromatic N) is 1. The Hall–Kier alpha value is -3.19. The zero-order valence-corrected chi connectivity index (χ0v) is 16.1. The molecule has 0 saturated carbocycles. The fourth-order valence-corrected chi connectivity index (χ4v) is 3.27. The molecule has 1 N–H and O–H groups in total. The van der Waals surface area contributed by atoms with Gasteiger partial charge < -0.3 is 14.7 Å². The normalized spacial score (nSPS) is 18.2. The van der Waals surface area contributed by atoms with Crippen LogP contribution >= 0.6 is 11.6 Å². The molecule has 0 radical (unpaired) electrons. The number of ketones is 1. The van der Waals surface area contributed by atoms with Crippen LogP contribution in [0.25, 0.3) is 5.76 Å². The third-order valence-corrected chi connectivity index (χ3v) is 4.70. The number of carbonyl (C=O) groups is 3. The van der Waals surface area contributed by atoms with Crippen LogP contribution in [0.1, 0.15) is 24.1 Å². The fraction of sp³-hybridized carbons (Fsp3) is 0.190. The molecule has 0 aromatic heterocycles. The zero-order chi connectivity index (χ0) is 21.1. The van der Waals surface area contributed by atoms with E-state index in [0.29, 0.717) is 10.6 Å². The summed E-state index contributed by atoms with van der Waals surface area (Å²) in [6, 6.07) is 10.1. The predicted molar refractivity (Wildman–Crippen MR) is 103 cm³/mol. The predicted octanol–water partition coefficient (Wildman–Crippen LogP) is 3.46. The Morgan fingerprint density at radius 1 is 1.14 bits per heavy atom. The van der Waals surface area contributed by atoms with E-state index in [-0.39, 0.29) is 17.7 Å². The van der Waals surface area contributed by atoms with Gasteiger partial charge in [0, 0.05) is 10.6 Å². The molecule has 1 unspecified atom stereocenters. The summed E-state index contributed by atoms with van der Waals surface area (Å²) >= 11 is 5.86. The molecule has 2 aromatic carbocycles. The van der Waals surface area contributed by atoms with Gasteiger partial charge in [-0.25, -0.2) is 4.39 Å². The highest BCUT2D eigenvalue weighted by Gasteiger charge is 2.47. The van der Waals surface area contributed by atoms with E-state index in [0.717, 1.165) is 4.90 Å². The number of aliphatic hydroxyl groups excluding tert-OH is 1. The highest BCUT2D eigenvalue weighted by molar-refractivity contribution is 6.46. The zero-order valence-electron chi connectivity index (χ0n) is 15.4. The number of Topliss-reactive ketones (excluding diaryl/α,β-unsaturated/α-hetero) is 1. The van der Waals surface area contributed by atoms with Gasteiger partial charge in [-0.1, -0.05) is 23.7 Å². The molecule has 0 spiro atoms. The second-order valence-electron chi connectivity index (χ2n) is 6.29. The van der Waals surface area contributed by atoms with Crippen LogP contribution in [0.5, 0.6) is 0 Å². The molecule has 1 amide bonds. The van der Waals surface area contributed by atoms with E-state index in [1.807, 2.05) is 0 Å². The standard InChI is InChI=1S/C21H17ClFNO5/c1-2-29-16(25)11-24-18(12-5-9-15(23)10-6-12)17(20(27)21(24)28)19(26)13-3-7-14(22)8-4-13/h3-10,18,26H,2,11H2,1H3. The molecular formula is C21H17ClFNO5. The van der Waals surface area contributed by atoms with Gasteiger partial charge in [0.25, 0.3) is 11.7 Å². The molecule has 6 nitrogen and oxygen atoms in total. The van der Waals surface area contributed by atoms with Crippen LogP contribution in [-0.4, -0.2) is 40.8 Å². The van der Waals surface area contributed by atoms with E-state index in [9.17, 15) is 23.9 Å². The van der Waals surface area contributed by atoms with Crippen LogP contribution < -0.4 is 0 Å². The van der Waals surface area contributed by atoms with Crippen LogP contribution in [0.3, 0.4) is 0 Å². The third kappa shape index (κ3) is 4.14. The minimum atomic E-state index is -1.07. The molecule has 8 heteroatoms. The summed E-state index contributed by atoms with van der Waals surface area (Å²) in [5.41, 5.74) is 0.439. The van der Waals surface area contributed by atoms with Gasteiger partial charge in [0.2, 0.25) is 0 Å². The second-order valence-corrected chi connectivity index (χ2v) is 6.73.